The zero-order valence-electron chi connectivity index (χ0n) is 23.3. The molecular formula is C31H35F7O4. The minimum atomic E-state index is -5.11. The molecule has 0 N–H and O–H groups in total. The molecule has 0 radical (unpaired) electrons. The Bertz CT molecular complexity index is 1200. The highest BCUT2D eigenvalue weighted by atomic mass is 19.4. The van der Waals surface area contributed by atoms with E-state index in [0.717, 1.165) is 31.7 Å². The van der Waals surface area contributed by atoms with Crippen LogP contribution in [0.15, 0.2) is 36.4 Å². The zero-order chi connectivity index (χ0) is 30.1. The second-order valence-corrected chi connectivity index (χ2v) is 11.9. The van der Waals surface area contributed by atoms with Gasteiger partial charge in [-0.05, 0) is 92.9 Å². The predicted octanol–water partition coefficient (Wildman–Crippen LogP) is 9.30. The SMILES string of the molecule is CC1COC(c2ccc(C3CCC(C4CCC(C(F)(F)Oc5ccc(OC(F)(F)F)c(F)c5)CC4)CC3)c(F)c2)OC1. The lowest BCUT2D eigenvalue weighted by Gasteiger charge is -2.39. The number of ether oxygens (including phenoxy) is 4. The molecule has 2 aromatic rings. The first-order valence-corrected chi connectivity index (χ1v) is 14.5. The average Bonchev–Trinajstić information content (AvgIpc) is 2.94. The van der Waals surface area contributed by atoms with Gasteiger partial charge in [0, 0.05) is 17.5 Å². The van der Waals surface area contributed by atoms with E-state index in [4.69, 9.17) is 14.2 Å². The molecule has 1 saturated heterocycles. The Labute approximate surface area is 240 Å². The molecule has 0 aromatic heterocycles. The van der Waals surface area contributed by atoms with Crippen molar-refractivity contribution in [3.05, 3.63) is 59.2 Å². The molecule has 1 heterocycles. The summed E-state index contributed by atoms with van der Waals surface area (Å²) in [6, 6.07) is 7.11. The van der Waals surface area contributed by atoms with E-state index >= 15 is 4.39 Å². The molecule has 42 heavy (non-hydrogen) atoms. The Kier molecular flexibility index (Phi) is 9.27. The van der Waals surface area contributed by atoms with Gasteiger partial charge in [0.1, 0.15) is 11.6 Å². The lowest BCUT2D eigenvalue weighted by atomic mass is 9.68. The first-order valence-electron chi connectivity index (χ1n) is 14.5. The van der Waals surface area contributed by atoms with E-state index < -0.39 is 42.0 Å². The van der Waals surface area contributed by atoms with Crippen LogP contribution in [0.3, 0.4) is 0 Å². The van der Waals surface area contributed by atoms with E-state index in [1.165, 1.54) is 6.07 Å². The minimum absolute atomic E-state index is 0.103. The number of alkyl halides is 5. The number of rotatable bonds is 7. The summed E-state index contributed by atoms with van der Waals surface area (Å²) in [4.78, 5) is 0. The van der Waals surface area contributed by atoms with Gasteiger partial charge in [0.2, 0.25) is 0 Å². The molecule has 232 valence electrons. The maximum Gasteiger partial charge on any atom is 0.573 e. The maximum atomic E-state index is 15.1. The van der Waals surface area contributed by atoms with Crippen LogP contribution in [-0.4, -0.2) is 25.7 Å². The van der Waals surface area contributed by atoms with Gasteiger partial charge in [-0.25, -0.2) is 8.78 Å². The normalized spacial score (nSPS) is 29.2. The van der Waals surface area contributed by atoms with E-state index in [0.29, 0.717) is 61.2 Å². The highest BCUT2D eigenvalue weighted by Gasteiger charge is 2.45. The van der Waals surface area contributed by atoms with Gasteiger partial charge in [-0.3, -0.25) is 0 Å². The van der Waals surface area contributed by atoms with Crippen LogP contribution in [-0.2, 0) is 9.47 Å². The van der Waals surface area contributed by atoms with Gasteiger partial charge in [0.15, 0.2) is 17.9 Å². The van der Waals surface area contributed by atoms with Gasteiger partial charge < -0.3 is 18.9 Å². The highest BCUT2D eigenvalue weighted by molar-refractivity contribution is 5.33. The number of halogens is 7. The van der Waals surface area contributed by atoms with E-state index in [2.05, 4.69) is 4.74 Å². The minimum Gasteiger partial charge on any atom is -0.432 e. The van der Waals surface area contributed by atoms with Crippen LogP contribution in [0.25, 0.3) is 0 Å². The Morgan fingerprint density at radius 3 is 1.90 bits per heavy atom. The molecule has 4 nitrogen and oxygen atoms in total. The monoisotopic (exact) mass is 604 g/mol. The van der Waals surface area contributed by atoms with Gasteiger partial charge in [-0.15, -0.1) is 13.2 Å². The third kappa shape index (κ3) is 7.51. The summed E-state index contributed by atoms with van der Waals surface area (Å²) in [5.41, 5.74) is 1.36. The summed E-state index contributed by atoms with van der Waals surface area (Å²) in [6.07, 6.45) is -4.19. The van der Waals surface area contributed by atoms with E-state index in [9.17, 15) is 26.3 Å². The van der Waals surface area contributed by atoms with Crippen LogP contribution in [0.1, 0.15) is 81.6 Å². The van der Waals surface area contributed by atoms with Crippen molar-refractivity contribution >= 4 is 0 Å². The first kappa shape index (κ1) is 30.9. The summed E-state index contributed by atoms with van der Waals surface area (Å²) in [6.45, 7) is 3.17. The van der Waals surface area contributed by atoms with Gasteiger partial charge in [-0.2, -0.15) is 8.78 Å². The fourth-order valence-corrected chi connectivity index (χ4v) is 6.63. The third-order valence-electron chi connectivity index (χ3n) is 8.87. The lowest BCUT2D eigenvalue weighted by molar-refractivity contribution is -0.275. The maximum absolute atomic E-state index is 15.1. The Balaban J connectivity index is 1.10. The predicted molar refractivity (Wildman–Crippen MR) is 139 cm³/mol. The van der Waals surface area contributed by atoms with Crippen molar-refractivity contribution < 1.29 is 49.7 Å². The summed E-state index contributed by atoms with van der Waals surface area (Å²) in [7, 11) is 0. The van der Waals surface area contributed by atoms with Crippen molar-refractivity contribution in [3.63, 3.8) is 0 Å². The van der Waals surface area contributed by atoms with Crippen molar-refractivity contribution in [2.45, 2.75) is 83.0 Å². The average molecular weight is 605 g/mol. The number of hydrogen-bond donors (Lipinski definition) is 0. The number of hydrogen-bond acceptors (Lipinski definition) is 4. The van der Waals surface area contributed by atoms with Crippen LogP contribution in [0, 0.1) is 35.3 Å². The molecule has 11 heteroatoms. The van der Waals surface area contributed by atoms with E-state index in [1.54, 1.807) is 0 Å². The van der Waals surface area contributed by atoms with Gasteiger partial charge >= 0.3 is 12.5 Å². The summed E-state index contributed by atoms with van der Waals surface area (Å²) in [5.74, 6) is -3.41. The smallest absolute Gasteiger partial charge is 0.432 e. The molecule has 2 aliphatic carbocycles. The van der Waals surface area contributed by atoms with Gasteiger partial charge in [-0.1, -0.05) is 19.1 Å². The van der Waals surface area contributed by atoms with Crippen molar-refractivity contribution in [1.82, 2.24) is 0 Å². The number of benzene rings is 2. The van der Waals surface area contributed by atoms with Gasteiger partial charge in [0.25, 0.3) is 0 Å². The summed E-state index contributed by atoms with van der Waals surface area (Å²) < 4.78 is 115. The topological polar surface area (TPSA) is 36.9 Å². The molecule has 0 spiro atoms. The quantitative estimate of drug-likeness (QED) is 0.295. The van der Waals surface area contributed by atoms with Gasteiger partial charge in [0.05, 0.1) is 19.1 Å². The molecule has 3 fully saturated rings. The summed E-state index contributed by atoms with van der Waals surface area (Å²) >= 11 is 0. The third-order valence-corrected chi connectivity index (χ3v) is 8.87. The van der Waals surface area contributed by atoms with E-state index in [1.807, 2.05) is 19.1 Å². The van der Waals surface area contributed by atoms with Crippen LogP contribution in [0.2, 0.25) is 0 Å². The van der Waals surface area contributed by atoms with Crippen LogP contribution in [0.4, 0.5) is 30.7 Å². The molecule has 3 aliphatic rings. The second kappa shape index (κ2) is 12.6. The molecular weight excluding hydrogens is 569 g/mol. The molecule has 0 atom stereocenters. The van der Waals surface area contributed by atoms with Crippen LogP contribution >= 0.6 is 0 Å². The Morgan fingerprint density at radius 2 is 1.33 bits per heavy atom. The van der Waals surface area contributed by atoms with Crippen molar-refractivity contribution in [2.24, 2.45) is 23.7 Å². The fourth-order valence-electron chi connectivity index (χ4n) is 6.63. The largest absolute Gasteiger partial charge is 0.573 e. The standard InChI is InChI=1S/C31H35F7O4/c1-18-16-39-29(40-17-18)22-8-12-25(26(32)14-22)21-4-2-19(3-5-21)20-6-9-23(10-7-20)30(34,35)41-24-11-13-28(27(33)15-24)42-31(36,37)38/h8,11-15,18-21,23,29H,2-7,9-10,16-17H2,1H3. The molecule has 2 aromatic carbocycles. The van der Waals surface area contributed by atoms with Crippen molar-refractivity contribution in [2.75, 3.05) is 13.2 Å². The summed E-state index contributed by atoms with van der Waals surface area (Å²) in [5, 5.41) is 0. The van der Waals surface area contributed by atoms with Crippen molar-refractivity contribution in [3.8, 4) is 11.5 Å². The Morgan fingerprint density at radius 1 is 0.714 bits per heavy atom. The van der Waals surface area contributed by atoms with Crippen molar-refractivity contribution in [1.29, 1.82) is 0 Å². The molecule has 0 unspecified atom stereocenters. The first-order chi connectivity index (χ1) is 19.9. The zero-order valence-corrected chi connectivity index (χ0v) is 23.3. The Hall–Kier alpha value is -2.53. The molecule has 2 saturated carbocycles. The lowest BCUT2D eigenvalue weighted by Crippen LogP contribution is -2.38. The highest BCUT2D eigenvalue weighted by Crippen LogP contribution is 2.47. The molecule has 0 bridgehead atoms. The molecule has 0 amide bonds. The van der Waals surface area contributed by atoms with Crippen LogP contribution in [0.5, 0.6) is 11.5 Å². The van der Waals surface area contributed by atoms with E-state index in [-0.39, 0.29) is 30.5 Å². The fraction of sp³-hybridized carbons (Fsp3) is 0.613. The second-order valence-electron chi connectivity index (χ2n) is 11.9. The molecule has 1 aliphatic heterocycles. The molecule has 5 rings (SSSR count). The van der Waals surface area contributed by atoms with Crippen LogP contribution < -0.4 is 9.47 Å².